The summed E-state index contributed by atoms with van der Waals surface area (Å²) in [6.07, 6.45) is 1.53. The van der Waals surface area contributed by atoms with Gasteiger partial charge >= 0.3 is 0 Å². The van der Waals surface area contributed by atoms with Crippen LogP contribution in [0.25, 0.3) is 0 Å². The summed E-state index contributed by atoms with van der Waals surface area (Å²) in [5.41, 5.74) is 6.95. The standard InChI is InChI=1S/C4H5N2OS/c1-7-3-2-6-4(5)8-3/h2,5H,1H3. The van der Waals surface area contributed by atoms with Gasteiger partial charge in [-0.2, -0.15) is 0 Å². The molecule has 1 N–H and O–H groups in total. The highest BCUT2D eigenvalue weighted by atomic mass is 32.1. The van der Waals surface area contributed by atoms with Crippen molar-refractivity contribution in [2.24, 2.45) is 0 Å². The summed E-state index contributed by atoms with van der Waals surface area (Å²) in [5.74, 6) is 0. The van der Waals surface area contributed by atoms with Gasteiger partial charge in [0.25, 0.3) is 0 Å². The first-order valence-corrected chi connectivity index (χ1v) is 2.86. The van der Waals surface area contributed by atoms with E-state index in [-0.39, 0.29) is 0 Å². The molecule has 1 heterocycles. The summed E-state index contributed by atoms with van der Waals surface area (Å²) in [6, 6.07) is 0. The molecule has 0 fully saturated rings. The normalized spacial score (nSPS) is 9.12. The Balaban J connectivity index is 2.84. The Labute approximate surface area is 51.1 Å². The Morgan fingerprint density at radius 3 is 2.88 bits per heavy atom. The van der Waals surface area contributed by atoms with Gasteiger partial charge in [0.2, 0.25) is 5.13 Å². The minimum absolute atomic E-state index is 0.293. The van der Waals surface area contributed by atoms with E-state index >= 15 is 0 Å². The molecule has 0 spiro atoms. The maximum Gasteiger partial charge on any atom is 0.205 e. The van der Waals surface area contributed by atoms with Gasteiger partial charge in [0.05, 0.1) is 13.3 Å². The van der Waals surface area contributed by atoms with Crippen molar-refractivity contribution in [1.29, 1.82) is 0 Å². The summed E-state index contributed by atoms with van der Waals surface area (Å²) >= 11 is 1.22. The van der Waals surface area contributed by atoms with Crippen molar-refractivity contribution in [2.75, 3.05) is 7.11 Å². The average Bonchev–Trinajstić information content (AvgIpc) is 2.14. The molecule has 0 aliphatic carbocycles. The lowest BCUT2D eigenvalue weighted by atomic mass is 10.9. The number of nitrogens with one attached hydrogen (secondary N) is 1. The highest BCUT2D eigenvalue weighted by Crippen LogP contribution is 2.22. The van der Waals surface area contributed by atoms with Gasteiger partial charge in [-0.3, -0.25) is 5.73 Å². The van der Waals surface area contributed by atoms with E-state index in [0.29, 0.717) is 10.2 Å². The first kappa shape index (κ1) is 5.37. The van der Waals surface area contributed by atoms with E-state index in [9.17, 15) is 0 Å². The van der Waals surface area contributed by atoms with Gasteiger partial charge in [-0.1, -0.05) is 11.3 Å². The number of nitrogens with zero attached hydrogens (tertiary/aromatic N) is 1. The Bertz CT molecular complexity index is 174. The summed E-state index contributed by atoms with van der Waals surface area (Å²) in [4.78, 5) is 3.65. The molecule has 1 radical (unpaired) electrons. The van der Waals surface area contributed by atoms with E-state index in [2.05, 4.69) is 4.98 Å². The van der Waals surface area contributed by atoms with Crippen LogP contribution in [0.3, 0.4) is 0 Å². The molecule has 0 bridgehead atoms. The van der Waals surface area contributed by atoms with Crippen LogP contribution in [0, 0.1) is 0 Å². The number of hydrogen-bond donors (Lipinski definition) is 0. The number of rotatable bonds is 1. The fourth-order valence-electron chi connectivity index (χ4n) is 0.354. The predicted octanol–water partition coefficient (Wildman–Crippen LogP) is 1.07. The highest BCUT2D eigenvalue weighted by Gasteiger charge is 1.94. The van der Waals surface area contributed by atoms with Gasteiger partial charge in [0.15, 0.2) is 5.06 Å². The summed E-state index contributed by atoms with van der Waals surface area (Å²) in [7, 11) is 1.56. The fourth-order valence-corrected chi connectivity index (χ4v) is 0.838. The average molecular weight is 129 g/mol. The molecule has 43 valence electrons. The largest absolute Gasteiger partial charge is 0.486 e. The van der Waals surface area contributed by atoms with E-state index in [1.807, 2.05) is 0 Å². The second-order valence-electron chi connectivity index (χ2n) is 1.19. The van der Waals surface area contributed by atoms with Crippen molar-refractivity contribution in [3.63, 3.8) is 0 Å². The number of thiazole rings is 1. The molecule has 1 rings (SSSR count). The van der Waals surface area contributed by atoms with Crippen LogP contribution in [0.1, 0.15) is 0 Å². The van der Waals surface area contributed by atoms with Crippen molar-refractivity contribution in [2.45, 2.75) is 0 Å². The molecule has 0 aliphatic rings. The van der Waals surface area contributed by atoms with E-state index in [0.717, 1.165) is 0 Å². The third-order valence-corrected chi connectivity index (χ3v) is 1.46. The molecule has 4 heteroatoms. The molecule has 0 saturated heterocycles. The SMILES string of the molecule is COc1cnc([NH])s1. The van der Waals surface area contributed by atoms with E-state index in [1.54, 1.807) is 7.11 Å². The zero-order valence-electron chi connectivity index (χ0n) is 4.34. The molecule has 0 unspecified atom stereocenters. The molecular weight excluding hydrogens is 124 g/mol. The smallest absolute Gasteiger partial charge is 0.205 e. The van der Waals surface area contributed by atoms with E-state index in [4.69, 9.17) is 10.5 Å². The fraction of sp³-hybridized carbons (Fsp3) is 0.250. The van der Waals surface area contributed by atoms with Gasteiger partial charge in [0.1, 0.15) is 0 Å². The molecule has 1 aromatic rings. The lowest BCUT2D eigenvalue weighted by Crippen LogP contribution is -1.73. The second-order valence-corrected chi connectivity index (χ2v) is 2.18. The first-order valence-electron chi connectivity index (χ1n) is 2.04. The maximum absolute atomic E-state index is 6.95. The van der Waals surface area contributed by atoms with E-state index < -0.39 is 0 Å². The van der Waals surface area contributed by atoms with Crippen LogP contribution in [0.5, 0.6) is 5.06 Å². The number of ether oxygens (including phenoxy) is 1. The maximum atomic E-state index is 6.95. The monoisotopic (exact) mass is 129 g/mol. The third-order valence-electron chi connectivity index (χ3n) is 0.686. The molecule has 8 heavy (non-hydrogen) atoms. The zero-order valence-corrected chi connectivity index (χ0v) is 5.16. The quantitative estimate of drug-likeness (QED) is 0.569. The molecule has 0 amide bonds. The third kappa shape index (κ3) is 0.894. The Morgan fingerprint density at radius 2 is 2.62 bits per heavy atom. The van der Waals surface area contributed by atoms with Crippen molar-refractivity contribution < 1.29 is 4.74 Å². The van der Waals surface area contributed by atoms with Crippen LogP contribution in [-0.2, 0) is 0 Å². The van der Waals surface area contributed by atoms with Crippen LogP contribution < -0.4 is 10.5 Å². The Morgan fingerprint density at radius 1 is 1.88 bits per heavy atom. The van der Waals surface area contributed by atoms with Gasteiger partial charge in [-0.05, 0) is 0 Å². The summed E-state index contributed by atoms with van der Waals surface area (Å²) in [6.45, 7) is 0. The molecule has 0 atom stereocenters. The van der Waals surface area contributed by atoms with Gasteiger partial charge in [-0.15, -0.1) is 0 Å². The lowest BCUT2D eigenvalue weighted by Gasteiger charge is -1.85. The van der Waals surface area contributed by atoms with Gasteiger partial charge in [0, 0.05) is 0 Å². The lowest BCUT2D eigenvalue weighted by molar-refractivity contribution is 0.426. The minimum atomic E-state index is 0.293. The van der Waals surface area contributed by atoms with Crippen LogP contribution in [0.2, 0.25) is 0 Å². The van der Waals surface area contributed by atoms with Crippen LogP contribution >= 0.6 is 11.3 Å². The van der Waals surface area contributed by atoms with Crippen molar-refractivity contribution >= 4 is 16.5 Å². The molecule has 0 aromatic carbocycles. The summed E-state index contributed by atoms with van der Waals surface area (Å²) in [5, 5.41) is 0.983. The van der Waals surface area contributed by atoms with Gasteiger partial charge in [-0.25, -0.2) is 4.98 Å². The topological polar surface area (TPSA) is 45.9 Å². The van der Waals surface area contributed by atoms with Crippen LogP contribution in [0.4, 0.5) is 5.13 Å². The number of aromatic nitrogens is 1. The predicted molar refractivity (Wildman–Crippen MR) is 31.4 cm³/mol. The Kier molecular flexibility index (Phi) is 1.34. The van der Waals surface area contributed by atoms with Crippen molar-refractivity contribution in [1.82, 2.24) is 10.7 Å². The number of hydrogen-bond acceptors (Lipinski definition) is 3. The van der Waals surface area contributed by atoms with Crippen molar-refractivity contribution in [3.05, 3.63) is 6.20 Å². The van der Waals surface area contributed by atoms with Gasteiger partial charge < -0.3 is 4.74 Å². The molecule has 3 nitrogen and oxygen atoms in total. The van der Waals surface area contributed by atoms with E-state index in [1.165, 1.54) is 17.5 Å². The molecule has 0 aliphatic heterocycles. The second kappa shape index (κ2) is 2.00. The molecule has 1 aromatic heterocycles. The van der Waals surface area contributed by atoms with Crippen LogP contribution in [-0.4, -0.2) is 12.1 Å². The zero-order chi connectivity index (χ0) is 5.98. The van der Waals surface area contributed by atoms with Crippen LogP contribution in [0.15, 0.2) is 6.20 Å². The minimum Gasteiger partial charge on any atom is -0.486 e. The molecular formula is C4H5N2OS. The molecule has 0 saturated carbocycles. The summed E-state index contributed by atoms with van der Waals surface area (Å²) < 4.78 is 4.77. The highest BCUT2D eigenvalue weighted by molar-refractivity contribution is 7.16. The Hall–Kier alpha value is -0.770. The first-order chi connectivity index (χ1) is 3.83. The van der Waals surface area contributed by atoms with Crippen molar-refractivity contribution in [3.8, 4) is 5.06 Å². The number of methoxy groups -OCH3 is 1.